The molecule has 2 aromatic carbocycles. The Morgan fingerprint density at radius 3 is 2.45 bits per heavy atom. The average molecular weight is 436 g/mol. The Balaban J connectivity index is 1.94. The summed E-state index contributed by atoms with van der Waals surface area (Å²) >= 11 is 0. The molecule has 1 N–H and O–H groups in total. The van der Waals surface area contributed by atoms with E-state index in [2.05, 4.69) is 81.8 Å². The molecule has 4 heteroatoms. The fourth-order valence-electron chi connectivity index (χ4n) is 3.08. The second-order valence-electron chi connectivity index (χ2n) is 9.62. The van der Waals surface area contributed by atoms with Crippen molar-refractivity contribution in [1.29, 1.82) is 0 Å². The number of aromatic hydroxyl groups is 1. The predicted octanol–water partition coefficient (Wildman–Crippen LogP) is 5.35. The van der Waals surface area contributed by atoms with Crippen molar-refractivity contribution in [3.63, 3.8) is 0 Å². The number of nitrogens with zero attached hydrogens (tertiary/aromatic N) is 1. The first-order valence-electron chi connectivity index (χ1n) is 11.0. The van der Waals surface area contributed by atoms with Gasteiger partial charge in [0, 0.05) is 18.5 Å². The average Bonchev–Trinajstić information content (AvgIpc) is 2.71. The third-order valence-corrected chi connectivity index (χ3v) is 7.77. The van der Waals surface area contributed by atoms with Crippen LogP contribution in [0.25, 0.3) is 0 Å². The van der Waals surface area contributed by atoms with Crippen LogP contribution in [0.3, 0.4) is 0 Å². The number of benzene rings is 2. The lowest BCUT2D eigenvalue weighted by Crippen LogP contribution is -2.47. The number of likely N-dealkylation sites (N-methyl/N-ethyl adjacent to an activating group) is 1. The number of phenolic OH excluding ortho intramolecular Hbond substituents is 1. The second kappa shape index (κ2) is 11.2. The zero-order chi connectivity index (χ0) is 22.9. The fraction of sp³-hybridized carbons (Fsp3) is 0.407. The van der Waals surface area contributed by atoms with Gasteiger partial charge >= 0.3 is 0 Å². The van der Waals surface area contributed by atoms with Gasteiger partial charge in [-0.05, 0) is 63.2 Å². The Kier molecular flexibility index (Phi) is 8.97. The molecule has 0 fully saturated rings. The Bertz CT molecular complexity index is 915. The SMILES string of the molecule is CCN(C/C=C/C#CC(C)(C)C)Cc1cccc(OC[Si](C)(C)c2ccc(O)cc2)c1. The number of ether oxygens (including phenoxy) is 1. The quantitative estimate of drug-likeness (QED) is 0.425. The van der Waals surface area contributed by atoms with Crippen LogP contribution >= 0.6 is 0 Å². The van der Waals surface area contributed by atoms with E-state index >= 15 is 0 Å². The largest absolute Gasteiger partial charge is 0.508 e. The molecule has 0 spiro atoms. The summed E-state index contributed by atoms with van der Waals surface area (Å²) in [5, 5.41) is 10.8. The van der Waals surface area contributed by atoms with Crippen LogP contribution in [0.4, 0.5) is 0 Å². The van der Waals surface area contributed by atoms with Gasteiger partial charge in [-0.2, -0.15) is 0 Å². The highest BCUT2D eigenvalue weighted by Gasteiger charge is 2.24. The summed E-state index contributed by atoms with van der Waals surface area (Å²) in [4.78, 5) is 2.38. The lowest BCUT2D eigenvalue weighted by molar-refractivity contribution is 0.310. The summed E-state index contributed by atoms with van der Waals surface area (Å²) in [5.74, 6) is 7.59. The van der Waals surface area contributed by atoms with Gasteiger partial charge in [0.25, 0.3) is 0 Å². The fourth-order valence-corrected chi connectivity index (χ4v) is 4.84. The number of hydrogen-bond donors (Lipinski definition) is 1. The standard InChI is InChI=1S/C27H37NO2Si/c1-7-28(19-10-8-9-18-27(2,3)4)21-23-12-11-13-25(20-23)30-22-31(5,6)26-16-14-24(29)15-17-26/h8,10-17,20,29H,7,19,21-22H2,1-6H3/b10-8+. The van der Waals surface area contributed by atoms with Crippen LogP contribution in [0, 0.1) is 17.3 Å². The third kappa shape index (κ3) is 9.04. The van der Waals surface area contributed by atoms with E-state index in [1.807, 2.05) is 24.3 Å². The summed E-state index contributed by atoms with van der Waals surface area (Å²) in [7, 11) is -1.75. The maximum absolute atomic E-state index is 9.54. The molecule has 3 nitrogen and oxygen atoms in total. The molecule has 2 aromatic rings. The molecule has 0 saturated carbocycles. The number of phenols is 1. The molecular weight excluding hydrogens is 398 g/mol. The Hall–Kier alpha value is -2.48. The smallest absolute Gasteiger partial charge is 0.124 e. The van der Waals surface area contributed by atoms with E-state index in [-0.39, 0.29) is 5.41 Å². The lowest BCUT2D eigenvalue weighted by Gasteiger charge is -2.24. The number of rotatable bonds is 9. The molecular formula is C27H37NO2Si. The zero-order valence-corrected chi connectivity index (χ0v) is 20.9. The van der Waals surface area contributed by atoms with Crippen molar-refractivity contribution in [2.24, 2.45) is 5.41 Å². The summed E-state index contributed by atoms with van der Waals surface area (Å²) in [6.45, 7) is 15.9. The van der Waals surface area contributed by atoms with Gasteiger partial charge in [-0.15, -0.1) is 0 Å². The van der Waals surface area contributed by atoms with E-state index in [1.54, 1.807) is 12.1 Å². The van der Waals surface area contributed by atoms with E-state index in [0.29, 0.717) is 12.0 Å². The van der Waals surface area contributed by atoms with Gasteiger partial charge in [-0.1, -0.05) is 67.4 Å². The summed E-state index contributed by atoms with van der Waals surface area (Å²) in [6.07, 6.45) is 4.80. The van der Waals surface area contributed by atoms with Gasteiger partial charge in [0.1, 0.15) is 19.6 Å². The topological polar surface area (TPSA) is 32.7 Å². The predicted molar refractivity (Wildman–Crippen MR) is 134 cm³/mol. The van der Waals surface area contributed by atoms with Crippen molar-refractivity contribution in [1.82, 2.24) is 4.90 Å². The zero-order valence-electron chi connectivity index (χ0n) is 19.9. The number of hydrogen-bond acceptors (Lipinski definition) is 3. The molecule has 166 valence electrons. The van der Waals surface area contributed by atoms with Crippen molar-refractivity contribution in [2.75, 3.05) is 19.3 Å². The molecule has 0 aliphatic carbocycles. The summed E-state index contributed by atoms with van der Waals surface area (Å²) < 4.78 is 6.20. The van der Waals surface area contributed by atoms with Crippen LogP contribution < -0.4 is 9.92 Å². The second-order valence-corrected chi connectivity index (χ2v) is 14.3. The van der Waals surface area contributed by atoms with Gasteiger partial charge in [0.05, 0.1) is 6.23 Å². The molecule has 2 rings (SSSR count). The Labute approximate surface area is 189 Å². The van der Waals surface area contributed by atoms with Crippen molar-refractivity contribution in [3.8, 4) is 23.3 Å². The highest BCUT2D eigenvalue weighted by molar-refractivity contribution is 6.89. The van der Waals surface area contributed by atoms with E-state index in [4.69, 9.17) is 4.74 Å². The van der Waals surface area contributed by atoms with Gasteiger partial charge in [-0.25, -0.2) is 0 Å². The molecule has 0 unspecified atom stereocenters. The molecule has 0 radical (unpaired) electrons. The van der Waals surface area contributed by atoms with E-state index in [1.165, 1.54) is 10.8 Å². The van der Waals surface area contributed by atoms with Gasteiger partial charge in [0.15, 0.2) is 0 Å². The maximum atomic E-state index is 9.54. The van der Waals surface area contributed by atoms with Gasteiger partial charge < -0.3 is 9.84 Å². The minimum atomic E-state index is -1.75. The molecule has 0 bridgehead atoms. The normalized spacial score (nSPS) is 12.1. The Morgan fingerprint density at radius 1 is 1.10 bits per heavy atom. The summed E-state index contributed by atoms with van der Waals surface area (Å²) in [5.41, 5.74) is 1.28. The van der Waals surface area contributed by atoms with E-state index in [0.717, 1.165) is 25.4 Å². The molecule has 0 saturated heterocycles. The van der Waals surface area contributed by atoms with Crippen molar-refractivity contribution >= 4 is 13.3 Å². The maximum Gasteiger partial charge on any atom is 0.124 e. The molecule has 0 amide bonds. The monoisotopic (exact) mass is 435 g/mol. The van der Waals surface area contributed by atoms with E-state index in [9.17, 15) is 5.11 Å². The van der Waals surface area contributed by atoms with Crippen LogP contribution in [0.15, 0.2) is 60.7 Å². The first kappa shape index (κ1) is 24.8. The minimum absolute atomic E-state index is 0.0366. The van der Waals surface area contributed by atoms with Crippen molar-refractivity contribution in [2.45, 2.75) is 47.3 Å². The van der Waals surface area contributed by atoms with Crippen LogP contribution in [-0.2, 0) is 6.54 Å². The molecule has 31 heavy (non-hydrogen) atoms. The van der Waals surface area contributed by atoms with Gasteiger partial charge in [0.2, 0.25) is 0 Å². The van der Waals surface area contributed by atoms with Crippen LogP contribution in [0.2, 0.25) is 13.1 Å². The highest BCUT2D eigenvalue weighted by Crippen LogP contribution is 2.17. The van der Waals surface area contributed by atoms with Crippen LogP contribution in [0.1, 0.15) is 33.3 Å². The van der Waals surface area contributed by atoms with Crippen LogP contribution in [-0.4, -0.2) is 37.4 Å². The molecule has 0 atom stereocenters. The van der Waals surface area contributed by atoms with E-state index < -0.39 is 8.07 Å². The van der Waals surface area contributed by atoms with Crippen molar-refractivity contribution < 1.29 is 9.84 Å². The highest BCUT2D eigenvalue weighted by atomic mass is 28.3. The first-order chi connectivity index (χ1) is 14.6. The first-order valence-corrected chi connectivity index (χ1v) is 14.2. The number of allylic oxidation sites excluding steroid dienone is 1. The Morgan fingerprint density at radius 2 is 1.81 bits per heavy atom. The summed E-state index contributed by atoms with van der Waals surface area (Å²) in [6, 6.07) is 15.9. The van der Waals surface area contributed by atoms with Crippen molar-refractivity contribution in [3.05, 3.63) is 66.2 Å². The molecule has 0 aromatic heterocycles. The lowest BCUT2D eigenvalue weighted by atomic mass is 9.98. The third-order valence-electron chi connectivity index (χ3n) is 5.01. The molecule has 0 aliphatic heterocycles. The molecule has 0 aliphatic rings. The molecule has 0 heterocycles. The van der Waals surface area contributed by atoms with Gasteiger partial charge in [-0.3, -0.25) is 4.90 Å². The minimum Gasteiger partial charge on any atom is -0.508 e. The van der Waals surface area contributed by atoms with Crippen LogP contribution in [0.5, 0.6) is 11.5 Å².